The van der Waals surface area contributed by atoms with Gasteiger partial charge in [0.2, 0.25) is 0 Å². The van der Waals surface area contributed by atoms with Crippen molar-refractivity contribution in [1.82, 2.24) is 0 Å². The molecule has 1 saturated carbocycles. The van der Waals surface area contributed by atoms with Crippen LogP contribution in [0.5, 0.6) is 0 Å². The van der Waals surface area contributed by atoms with E-state index in [1.54, 1.807) is 11.3 Å². The van der Waals surface area contributed by atoms with E-state index in [-0.39, 0.29) is 0 Å². The molecule has 1 N–H and O–H groups in total. The molecule has 2 rings (SSSR count). The molecule has 1 fully saturated rings. The summed E-state index contributed by atoms with van der Waals surface area (Å²) in [6.45, 7) is 2.21. The summed E-state index contributed by atoms with van der Waals surface area (Å²) in [5.74, 6) is 0.0364. The van der Waals surface area contributed by atoms with Crippen LogP contribution in [0.2, 0.25) is 0 Å². The standard InChI is InChI=1S/C12H16O2S/c1-9-4-6-12(7-5-9,11(13)14)10-3-2-8-15-10/h2-3,8-9H,4-7H2,1H3,(H,13,14). The number of hydrogen-bond acceptors (Lipinski definition) is 2. The van der Waals surface area contributed by atoms with Crippen molar-refractivity contribution < 1.29 is 9.90 Å². The molecule has 0 unspecified atom stereocenters. The van der Waals surface area contributed by atoms with E-state index in [2.05, 4.69) is 6.92 Å². The summed E-state index contributed by atoms with van der Waals surface area (Å²) in [4.78, 5) is 12.5. The van der Waals surface area contributed by atoms with E-state index in [0.717, 1.165) is 30.6 Å². The fraction of sp³-hybridized carbons (Fsp3) is 0.583. The molecule has 2 nitrogen and oxygen atoms in total. The van der Waals surface area contributed by atoms with Crippen LogP contribution >= 0.6 is 11.3 Å². The third kappa shape index (κ3) is 1.81. The van der Waals surface area contributed by atoms with Crippen LogP contribution in [0.1, 0.15) is 37.5 Å². The monoisotopic (exact) mass is 224 g/mol. The van der Waals surface area contributed by atoms with Crippen LogP contribution in [0.4, 0.5) is 0 Å². The minimum absolute atomic E-state index is 0.583. The van der Waals surface area contributed by atoms with E-state index in [1.165, 1.54) is 0 Å². The van der Waals surface area contributed by atoms with Crippen molar-refractivity contribution in [2.24, 2.45) is 5.92 Å². The lowest BCUT2D eigenvalue weighted by Gasteiger charge is -2.35. The molecular weight excluding hydrogens is 208 g/mol. The molecule has 3 heteroatoms. The maximum Gasteiger partial charge on any atom is 0.314 e. The Hall–Kier alpha value is -0.830. The summed E-state index contributed by atoms with van der Waals surface area (Å²) in [6.07, 6.45) is 3.66. The highest BCUT2D eigenvalue weighted by molar-refractivity contribution is 7.10. The van der Waals surface area contributed by atoms with Crippen LogP contribution in [0.15, 0.2) is 17.5 Å². The van der Waals surface area contributed by atoms with E-state index in [9.17, 15) is 9.90 Å². The molecule has 0 amide bonds. The fourth-order valence-electron chi connectivity index (χ4n) is 2.37. The largest absolute Gasteiger partial charge is 0.481 e. The maximum atomic E-state index is 11.5. The number of carboxylic acid groups (broad SMARTS) is 1. The second-order valence-electron chi connectivity index (χ2n) is 4.55. The van der Waals surface area contributed by atoms with Crippen molar-refractivity contribution in [3.8, 4) is 0 Å². The van der Waals surface area contributed by atoms with Crippen LogP contribution in [0, 0.1) is 5.92 Å². The van der Waals surface area contributed by atoms with Crippen LogP contribution in [0.25, 0.3) is 0 Å². The second-order valence-corrected chi connectivity index (χ2v) is 5.49. The molecule has 1 aromatic heterocycles. The zero-order valence-electron chi connectivity index (χ0n) is 8.90. The van der Waals surface area contributed by atoms with Crippen molar-refractivity contribution in [3.63, 3.8) is 0 Å². The molecule has 0 spiro atoms. The van der Waals surface area contributed by atoms with Gasteiger partial charge in [0.15, 0.2) is 0 Å². The predicted octanol–water partition coefficient (Wildman–Crippen LogP) is 3.28. The number of hydrogen-bond donors (Lipinski definition) is 1. The zero-order chi connectivity index (χ0) is 10.9. The SMILES string of the molecule is CC1CCC(C(=O)O)(c2cccs2)CC1. The van der Waals surface area contributed by atoms with E-state index in [1.807, 2.05) is 17.5 Å². The van der Waals surface area contributed by atoms with Crippen molar-refractivity contribution in [3.05, 3.63) is 22.4 Å². The molecule has 0 aliphatic heterocycles. The maximum absolute atomic E-state index is 11.5. The van der Waals surface area contributed by atoms with Crippen LogP contribution in [-0.2, 0) is 10.2 Å². The minimum atomic E-state index is -0.642. The fourth-order valence-corrected chi connectivity index (χ4v) is 3.35. The molecule has 1 heterocycles. The van der Waals surface area contributed by atoms with E-state index in [0.29, 0.717) is 5.92 Å². The first kappa shape index (κ1) is 10.7. The number of thiophene rings is 1. The molecule has 0 radical (unpaired) electrons. The quantitative estimate of drug-likeness (QED) is 0.837. The first-order valence-corrected chi connectivity index (χ1v) is 6.30. The molecule has 0 atom stereocenters. The highest BCUT2D eigenvalue weighted by atomic mass is 32.1. The van der Waals surface area contributed by atoms with Crippen LogP contribution in [-0.4, -0.2) is 11.1 Å². The Morgan fingerprint density at radius 2 is 2.20 bits per heavy atom. The van der Waals surface area contributed by atoms with Crippen molar-refractivity contribution >= 4 is 17.3 Å². The Bertz CT molecular complexity index is 335. The third-order valence-electron chi connectivity index (χ3n) is 3.53. The van der Waals surface area contributed by atoms with E-state index < -0.39 is 11.4 Å². The van der Waals surface area contributed by atoms with Gasteiger partial charge in [0.25, 0.3) is 0 Å². The van der Waals surface area contributed by atoms with Gasteiger partial charge in [-0.15, -0.1) is 11.3 Å². The molecule has 15 heavy (non-hydrogen) atoms. The zero-order valence-corrected chi connectivity index (χ0v) is 9.72. The smallest absolute Gasteiger partial charge is 0.314 e. The lowest BCUT2D eigenvalue weighted by molar-refractivity contribution is -0.145. The Morgan fingerprint density at radius 1 is 1.53 bits per heavy atom. The van der Waals surface area contributed by atoms with Gasteiger partial charge in [-0.2, -0.15) is 0 Å². The van der Waals surface area contributed by atoms with E-state index >= 15 is 0 Å². The van der Waals surface area contributed by atoms with Crippen molar-refractivity contribution in [2.45, 2.75) is 38.0 Å². The Kier molecular flexibility index (Phi) is 2.83. The Labute approximate surface area is 93.9 Å². The third-order valence-corrected chi connectivity index (χ3v) is 4.60. The average molecular weight is 224 g/mol. The van der Waals surface area contributed by atoms with Gasteiger partial charge in [0.05, 0.1) is 0 Å². The van der Waals surface area contributed by atoms with Gasteiger partial charge in [0, 0.05) is 4.88 Å². The van der Waals surface area contributed by atoms with Crippen LogP contribution < -0.4 is 0 Å². The predicted molar refractivity (Wildman–Crippen MR) is 61.3 cm³/mol. The van der Waals surface area contributed by atoms with Gasteiger partial charge in [-0.3, -0.25) is 4.79 Å². The van der Waals surface area contributed by atoms with Gasteiger partial charge < -0.3 is 5.11 Å². The lowest BCUT2D eigenvalue weighted by Crippen LogP contribution is -2.38. The second kappa shape index (κ2) is 3.97. The molecule has 82 valence electrons. The lowest BCUT2D eigenvalue weighted by atomic mass is 9.70. The highest BCUT2D eigenvalue weighted by Gasteiger charge is 2.43. The molecule has 1 aliphatic rings. The molecule has 0 bridgehead atoms. The van der Waals surface area contributed by atoms with Crippen LogP contribution in [0.3, 0.4) is 0 Å². The topological polar surface area (TPSA) is 37.3 Å². The van der Waals surface area contributed by atoms with Gasteiger partial charge in [-0.05, 0) is 43.0 Å². The first-order chi connectivity index (χ1) is 7.15. The summed E-state index contributed by atoms with van der Waals surface area (Å²) >= 11 is 1.58. The number of carboxylic acids is 1. The first-order valence-electron chi connectivity index (χ1n) is 5.42. The van der Waals surface area contributed by atoms with E-state index in [4.69, 9.17) is 0 Å². The summed E-state index contributed by atoms with van der Waals surface area (Å²) in [6, 6.07) is 3.91. The normalized spacial score (nSPS) is 31.4. The van der Waals surface area contributed by atoms with Gasteiger partial charge in [-0.25, -0.2) is 0 Å². The summed E-state index contributed by atoms with van der Waals surface area (Å²) in [7, 11) is 0. The van der Waals surface area contributed by atoms with Gasteiger partial charge in [-0.1, -0.05) is 13.0 Å². The van der Waals surface area contributed by atoms with Gasteiger partial charge in [0.1, 0.15) is 5.41 Å². The molecule has 1 aromatic rings. The summed E-state index contributed by atoms with van der Waals surface area (Å²) in [5.41, 5.74) is -0.583. The number of aliphatic carboxylic acids is 1. The van der Waals surface area contributed by atoms with Crippen molar-refractivity contribution in [2.75, 3.05) is 0 Å². The van der Waals surface area contributed by atoms with Crippen molar-refractivity contribution in [1.29, 1.82) is 0 Å². The molecule has 1 aliphatic carbocycles. The Morgan fingerprint density at radius 3 is 2.67 bits per heavy atom. The summed E-state index contributed by atoms with van der Waals surface area (Å²) < 4.78 is 0. The molecular formula is C12H16O2S. The Balaban J connectivity index is 2.30. The number of rotatable bonds is 2. The molecule has 0 aromatic carbocycles. The minimum Gasteiger partial charge on any atom is -0.481 e. The van der Waals surface area contributed by atoms with Gasteiger partial charge >= 0.3 is 5.97 Å². The molecule has 0 saturated heterocycles. The number of carbonyl (C=O) groups is 1. The highest BCUT2D eigenvalue weighted by Crippen LogP contribution is 2.43. The average Bonchev–Trinajstić information content (AvgIpc) is 2.72. The summed E-state index contributed by atoms with van der Waals surface area (Å²) in [5, 5.41) is 11.4.